The van der Waals surface area contributed by atoms with Gasteiger partial charge in [-0.3, -0.25) is 0 Å². The largest absolute Gasteiger partial charge is 0.493 e. The van der Waals surface area contributed by atoms with Crippen LogP contribution in [0.1, 0.15) is 5.56 Å². The normalized spacial score (nSPS) is 14.4. The summed E-state index contributed by atoms with van der Waals surface area (Å²) in [5, 5.41) is 0.426. The fourth-order valence-corrected chi connectivity index (χ4v) is 2.61. The fourth-order valence-electron chi connectivity index (χ4n) is 2.05. The monoisotopic (exact) mass is 325 g/mol. The number of nitrogens with zero attached hydrogens (tertiary/aromatic N) is 1. The number of halogens is 1. The molecule has 6 heteroatoms. The number of rotatable bonds is 4. The van der Waals surface area contributed by atoms with Gasteiger partial charge in [0.1, 0.15) is 11.6 Å². The molecule has 1 aromatic rings. The zero-order valence-electron chi connectivity index (χ0n) is 11.7. The molecule has 0 saturated carbocycles. The Morgan fingerprint density at radius 1 is 1.48 bits per heavy atom. The fraction of sp³-hybridized carbons (Fsp3) is 0.400. The van der Waals surface area contributed by atoms with E-state index in [1.165, 1.54) is 0 Å². The first-order valence-electron chi connectivity index (χ1n) is 6.48. The van der Waals surface area contributed by atoms with Crippen molar-refractivity contribution in [3.05, 3.63) is 22.7 Å². The topological polar surface area (TPSA) is 30.9 Å². The lowest BCUT2D eigenvalue weighted by molar-refractivity contribution is 0.0693. The Labute approximate surface area is 134 Å². The van der Waals surface area contributed by atoms with Crippen molar-refractivity contribution in [1.82, 2.24) is 4.90 Å². The van der Waals surface area contributed by atoms with Crippen LogP contribution in [0, 0.1) is 12.3 Å². The zero-order chi connectivity index (χ0) is 15.2. The van der Waals surface area contributed by atoms with Gasteiger partial charge < -0.3 is 19.1 Å². The summed E-state index contributed by atoms with van der Waals surface area (Å²) < 4.78 is 16.1. The van der Waals surface area contributed by atoms with Crippen LogP contribution in [0.25, 0.3) is 0 Å². The second-order valence-electron chi connectivity index (χ2n) is 4.39. The number of ether oxygens (including phenoxy) is 3. The van der Waals surface area contributed by atoms with Crippen molar-refractivity contribution in [3.8, 4) is 23.8 Å². The molecule has 1 aromatic carbocycles. The molecule has 1 aliphatic rings. The van der Waals surface area contributed by atoms with E-state index in [9.17, 15) is 0 Å². The predicted molar refractivity (Wildman–Crippen MR) is 86.4 cm³/mol. The second-order valence-corrected chi connectivity index (χ2v) is 5.18. The molecular formula is C15H16ClNO3S. The van der Waals surface area contributed by atoms with Gasteiger partial charge in [0.25, 0.3) is 0 Å². The molecule has 0 bridgehead atoms. The molecule has 1 saturated heterocycles. The smallest absolute Gasteiger partial charge is 0.181 e. The maximum absolute atomic E-state index is 6.26. The lowest BCUT2D eigenvalue weighted by Crippen LogP contribution is -2.40. The van der Waals surface area contributed by atoms with E-state index in [1.54, 1.807) is 13.2 Å². The molecule has 0 radical (unpaired) electrons. The Morgan fingerprint density at radius 3 is 2.81 bits per heavy atom. The maximum Gasteiger partial charge on any atom is 0.181 e. The molecule has 1 fully saturated rings. The van der Waals surface area contributed by atoms with E-state index >= 15 is 0 Å². The summed E-state index contributed by atoms with van der Waals surface area (Å²) in [6.45, 7) is 3.02. The molecule has 0 aliphatic carbocycles. The van der Waals surface area contributed by atoms with E-state index in [0.717, 1.165) is 23.6 Å². The van der Waals surface area contributed by atoms with Crippen LogP contribution in [-0.4, -0.2) is 49.9 Å². The highest BCUT2D eigenvalue weighted by Gasteiger charge is 2.19. The van der Waals surface area contributed by atoms with Crippen LogP contribution in [0.2, 0.25) is 5.02 Å². The van der Waals surface area contributed by atoms with Gasteiger partial charge in [0.2, 0.25) is 0 Å². The van der Waals surface area contributed by atoms with Crippen LogP contribution < -0.4 is 9.47 Å². The van der Waals surface area contributed by atoms with Crippen molar-refractivity contribution < 1.29 is 14.2 Å². The first kappa shape index (κ1) is 15.9. The van der Waals surface area contributed by atoms with Crippen LogP contribution in [-0.2, 0) is 4.74 Å². The highest BCUT2D eigenvalue weighted by atomic mass is 35.5. The molecule has 2 rings (SSSR count). The minimum Gasteiger partial charge on any atom is -0.493 e. The molecule has 1 heterocycles. The number of morpholine rings is 1. The van der Waals surface area contributed by atoms with Gasteiger partial charge in [0.05, 0.1) is 25.3 Å². The molecule has 4 nitrogen and oxygen atoms in total. The zero-order valence-corrected chi connectivity index (χ0v) is 13.3. The predicted octanol–water partition coefficient (Wildman–Crippen LogP) is 2.37. The van der Waals surface area contributed by atoms with E-state index in [2.05, 4.69) is 10.8 Å². The van der Waals surface area contributed by atoms with Gasteiger partial charge in [0.15, 0.2) is 11.5 Å². The number of hydrogen-bond acceptors (Lipinski definition) is 4. The van der Waals surface area contributed by atoms with Gasteiger partial charge in [-0.2, -0.15) is 0 Å². The number of benzene rings is 1. The summed E-state index contributed by atoms with van der Waals surface area (Å²) in [5.41, 5.74) is 0.821. The standard InChI is InChI=1S/C15H16ClNO3S/c1-3-6-20-14-12(16)9-11(10-13(14)18-2)15(21)17-4-7-19-8-5-17/h1,9-10H,4-8H2,2H3. The van der Waals surface area contributed by atoms with Crippen molar-refractivity contribution in [3.63, 3.8) is 0 Å². The molecule has 1 aliphatic heterocycles. The Kier molecular flexibility index (Phi) is 5.68. The van der Waals surface area contributed by atoms with Crippen LogP contribution >= 0.6 is 23.8 Å². The number of terminal acetylenes is 1. The Morgan fingerprint density at radius 2 is 2.19 bits per heavy atom. The van der Waals surface area contributed by atoms with Crippen LogP contribution in [0.4, 0.5) is 0 Å². The third-order valence-corrected chi connectivity index (χ3v) is 3.85. The lowest BCUT2D eigenvalue weighted by Gasteiger charge is -2.29. The van der Waals surface area contributed by atoms with Crippen molar-refractivity contribution in [1.29, 1.82) is 0 Å². The van der Waals surface area contributed by atoms with Crippen molar-refractivity contribution in [2.24, 2.45) is 0 Å². The van der Waals surface area contributed by atoms with E-state index < -0.39 is 0 Å². The number of methoxy groups -OCH3 is 1. The summed E-state index contributed by atoms with van der Waals surface area (Å²) in [6.07, 6.45) is 5.20. The molecular weight excluding hydrogens is 310 g/mol. The van der Waals surface area contributed by atoms with Crippen molar-refractivity contribution in [2.45, 2.75) is 0 Å². The number of hydrogen-bond donors (Lipinski definition) is 0. The van der Waals surface area contributed by atoms with Crippen LogP contribution in [0.3, 0.4) is 0 Å². The third-order valence-electron chi connectivity index (χ3n) is 3.07. The van der Waals surface area contributed by atoms with Gasteiger partial charge in [-0.25, -0.2) is 0 Å². The molecule has 0 N–H and O–H groups in total. The average Bonchev–Trinajstić information content (AvgIpc) is 2.53. The van der Waals surface area contributed by atoms with Crippen LogP contribution in [0.5, 0.6) is 11.5 Å². The molecule has 112 valence electrons. The Balaban J connectivity index is 2.26. The van der Waals surface area contributed by atoms with Gasteiger partial charge in [-0.1, -0.05) is 29.7 Å². The summed E-state index contributed by atoms with van der Waals surface area (Å²) in [6, 6.07) is 3.59. The molecule has 0 aromatic heterocycles. The molecule has 0 atom stereocenters. The third kappa shape index (κ3) is 3.79. The maximum atomic E-state index is 6.26. The Bertz CT molecular complexity index is 565. The van der Waals surface area contributed by atoms with Crippen molar-refractivity contribution >= 4 is 28.8 Å². The van der Waals surface area contributed by atoms with E-state index in [0.29, 0.717) is 29.7 Å². The average molecular weight is 326 g/mol. The summed E-state index contributed by atoms with van der Waals surface area (Å²) in [5.74, 6) is 3.35. The van der Waals surface area contributed by atoms with Gasteiger partial charge in [-0.15, -0.1) is 6.42 Å². The highest BCUT2D eigenvalue weighted by molar-refractivity contribution is 7.80. The first-order chi connectivity index (χ1) is 10.2. The minimum absolute atomic E-state index is 0.128. The van der Waals surface area contributed by atoms with E-state index in [4.69, 9.17) is 44.5 Å². The summed E-state index contributed by atoms with van der Waals surface area (Å²) >= 11 is 11.8. The summed E-state index contributed by atoms with van der Waals surface area (Å²) in [4.78, 5) is 2.81. The van der Waals surface area contributed by atoms with Gasteiger partial charge >= 0.3 is 0 Å². The van der Waals surface area contributed by atoms with E-state index in [-0.39, 0.29) is 6.61 Å². The second kappa shape index (κ2) is 7.51. The number of thiocarbonyl (C=S) groups is 1. The van der Waals surface area contributed by atoms with Gasteiger partial charge in [-0.05, 0) is 12.1 Å². The quantitative estimate of drug-likeness (QED) is 0.626. The highest BCUT2D eigenvalue weighted by Crippen LogP contribution is 2.36. The SMILES string of the molecule is C#CCOc1c(Cl)cc(C(=S)N2CCOCC2)cc1OC. The van der Waals surface area contributed by atoms with E-state index in [1.807, 2.05) is 6.07 Å². The lowest BCUT2D eigenvalue weighted by atomic mass is 10.1. The molecule has 0 amide bonds. The summed E-state index contributed by atoms with van der Waals surface area (Å²) in [7, 11) is 1.55. The minimum atomic E-state index is 0.128. The molecule has 21 heavy (non-hydrogen) atoms. The molecule has 0 unspecified atom stereocenters. The molecule has 0 spiro atoms. The first-order valence-corrected chi connectivity index (χ1v) is 7.26. The Hall–Kier alpha value is -1.48. The van der Waals surface area contributed by atoms with Crippen molar-refractivity contribution in [2.75, 3.05) is 40.0 Å². The van der Waals surface area contributed by atoms with Crippen LogP contribution in [0.15, 0.2) is 12.1 Å². The van der Waals surface area contributed by atoms with Gasteiger partial charge in [0, 0.05) is 18.7 Å².